The molecule has 0 aliphatic carbocycles. The van der Waals surface area contributed by atoms with Gasteiger partial charge in [0.15, 0.2) is 0 Å². The van der Waals surface area contributed by atoms with E-state index in [1.807, 2.05) is 20.8 Å². The van der Waals surface area contributed by atoms with Crippen molar-refractivity contribution >= 4 is 11.7 Å². The molecule has 0 amide bonds. The minimum atomic E-state index is -1.10. The molecule has 20 heavy (non-hydrogen) atoms. The van der Waals surface area contributed by atoms with Crippen LogP contribution in [0.3, 0.4) is 0 Å². The number of hydrogen-bond acceptors (Lipinski definition) is 6. The number of carbonyl (C=O) groups is 1. The highest BCUT2D eigenvalue weighted by molar-refractivity contribution is 5.80. The molecule has 1 aliphatic rings. The molecule has 2 N–H and O–H groups in total. The van der Waals surface area contributed by atoms with E-state index in [-0.39, 0.29) is 0 Å². The normalized spacial score (nSPS) is 20.9. The van der Waals surface area contributed by atoms with Gasteiger partial charge in [0.1, 0.15) is 11.4 Å². The minimum Gasteiger partial charge on any atom is -0.475 e. The summed E-state index contributed by atoms with van der Waals surface area (Å²) in [7, 11) is 0. The lowest BCUT2D eigenvalue weighted by Crippen LogP contribution is -2.46. The average molecular weight is 278 g/mol. The number of benzene rings is 1. The topological polar surface area (TPSA) is 91.0 Å². The lowest BCUT2D eigenvalue weighted by molar-refractivity contribution is -0.162. The number of nitroso groups, excluding NO2 is 1. The van der Waals surface area contributed by atoms with Crippen LogP contribution >= 0.6 is 0 Å². The van der Waals surface area contributed by atoms with E-state index in [1.54, 1.807) is 6.92 Å². The van der Waals surface area contributed by atoms with Crippen molar-refractivity contribution in [1.29, 1.82) is 0 Å². The molecule has 1 atom stereocenters. The van der Waals surface area contributed by atoms with Crippen molar-refractivity contribution in [2.75, 3.05) is 0 Å². The second-order valence-electron chi connectivity index (χ2n) is 5.36. The van der Waals surface area contributed by atoms with Crippen molar-refractivity contribution in [3.8, 4) is 5.75 Å². The zero-order valence-electron chi connectivity index (χ0n) is 12.1. The number of nitrogens with zero attached hydrogens (tertiary/aromatic N) is 1. The molecule has 0 spiro atoms. The second-order valence-corrected chi connectivity index (χ2v) is 5.36. The van der Waals surface area contributed by atoms with Crippen LogP contribution in [0.5, 0.6) is 5.75 Å². The fourth-order valence-electron chi connectivity index (χ4n) is 2.65. The van der Waals surface area contributed by atoms with Gasteiger partial charge in [0, 0.05) is 6.42 Å². The summed E-state index contributed by atoms with van der Waals surface area (Å²) in [6, 6.07) is 0. The summed E-state index contributed by atoms with van der Waals surface area (Å²) in [4.78, 5) is 27.1. The zero-order chi connectivity index (χ0) is 15.1. The molecule has 1 aromatic carbocycles. The van der Waals surface area contributed by atoms with Crippen LogP contribution < -0.4 is 10.6 Å². The van der Waals surface area contributed by atoms with Gasteiger partial charge < -0.3 is 9.57 Å². The molecule has 0 bridgehead atoms. The second kappa shape index (κ2) is 4.86. The number of rotatable bonds is 2. The van der Waals surface area contributed by atoms with Crippen LogP contribution in [0.2, 0.25) is 0 Å². The molecule has 1 unspecified atom stereocenters. The molecule has 6 nitrogen and oxygen atoms in total. The molecule has 2 rings (SSSR count). The van der Waals surface area contributed by atoms with Crippen LogP contribution in [0.15, 0.2) is 5.18 Å². The van der Waals surface area contributed by atoms with Crippen LogP contribution in [-0.4, -0.2) is 11.6 Å². The Bertz CT molecular complexity index is 598. The van der Waals surface area contributed by atoms with Crippen molar-refractivity contribution in [2.24, 2.45) is 11.1 Å². The maximum atomic E-state index is 11.8. The summed E-state index contributed by atoms with van der Waals surface area (Å²) in [5.74, 6) is 5.00. The predicted molar refractivity (Wildman–Crippen MR) is 73.7 cm³/mol. The SMILES string of the molecule is Cc1c(C)c2c(c(C)c1N=O)CCC(C)(C(=O)ON)O2. The largest absolute Gasteiger partial charge is 0.475 e. The summed E-state index contributed by atoms with van der Waals surface area (Å²) < 4.78 is 5.87. The van der Waals surface area contributed by atoms with Crippen LogP contribution in [-0.2, 0) is 16.1 Å². The molecular formula is C14H18N2O4. The highest BCUT2D eigenvalue weighted by Gasteiger charge is 2.42. The van der Waals surface area contributed by atoms with E-state index >= 15 is 0 Å². The molecule has 1 heterocycles. The van der Waals surface area contributed by atoms with E-state index in [4.69, 9.17) is 10.6 Å². The molecular weight excluding hydrogens is 260 g/mol. The monoisotopic (exact) mass is 278 g/mol. The van der Waals surface area contributed by atoms with Gasteiger partial charge in [0.25, 0.3) is 0 Å². The first-order valence-electron chi connectivity index (χ1n) is 6.42. The maximum Gasteiger partial charge on any atom is 0.368 e. The van der Waals surface area contributed by atoms with Gasteiger partial charge in [-0.05, 0) is 61.5 Å². The van der Waals surface area contributed by atoms with E-state index in [0.29, 0.717) is 24.3 Å². The van der Waals surface area contributed by atoms with E-state index in [0.717, 1.165) is 22.3 Å². The number of ether oxygens (including phenoxy) is 1. The average Bonchev–Trinajstić information content (AvgIpc) is 2.44. The summed E-state index contributed by atoms with van der Waals surface area (Å²) in [6.45, 7) is 7.16. The highest BCUT2D eigenvalue weighted by Crippen LogP contribution is 2.43. The van der Waals surface area contributed by atoms with E-state index in [1.165, 1.54) is 0 Å². The molecule has 0 saturated carbocycles. The number of carbonyl (C=O) groups excluding carboxylic acids is 1. The summed E-state index contributed by atoms with van der Waals surface area (Å²) >= 11 is 0. The predicted octanol–water partition coefficient (Wildman–Crippen LogP) is 2.51. The van der Waals surface area contributed by atoms with Gasteiger partial charge in [-0.1, -0.05) is 0 Å². The summed E-state index contributed by atoms with van der Waals surface area (Å²) in [5.41, 5.74) is 2.67. The summed E-state index contributed by atoms with van der Waals surface area (Å²) in [6.07, 6.45) is 1.05. The lowest BCUT2D eigenvalue weighted by Gasteiger charge is -2.35. The Morgan fingerprint density at radius 1 is 1.30 bits per heavy atom. The Balaban J connectivity index is 2.59. The van der Waals surface area contributed by atoms with Gasteiger partial charge in [-0.25, -0.2) is 4.79 Å². The Morgan fingerprint density at radius 2 is 1.95 bits per heavy atom. The maximum absolute atomic E-state index is 11.8. The first kappa shape index (κ1) is 14.5. The third kappa shape index (κ3) is 1.96. The first-order chi connectivity index (χ1) is 9.35. The van der Waals surface area contributed by atoms with Crippen molar-refractivity contribution in [3.05, 3.63) is 27.2 Å². The Hall–Kier alpha value is -1.95. The third-order valence-electron chi connectivity index (χ3n) is 4.15. The Labute approximate surface area is 117 Å². The minimum absolute atomic E-state index is 0.442. The van der Waals surface area contributed by atoms with Crippen molar-refractivity contribution in [1.82, 2.24) is 0 Å². The molecule has 0 fully saturated rings. The van der Waals surface area contributed by atoms with E-state index in [9.17, 15) is 9.70 Å². The molecule has 1 aliphatic heterocycles. The number of hydrogen-bond donors (Lipinski definition) is 1. The van der Waals surface area contributed by atoms with Crippen LogP contribution in [0, 0.1) is 25.7 Å². The fraction of sp³-hybridized carbons (Fsp3) is 0.500. The van der Waals surface area contributed by atoms with E-state index < -0.39 is 11.6 Å². The van der Waals surface area contributed by atoms with Crippen LogP contribution in [0.1, 0.15) is 35.6 Å². The third-order valence-corrected chi connectivity index (χ3v) is 4.15. The molecule has 1 aromatic rings. The Morgan fingerprint density at radius 3 is 2.50 bits per heavy atom. The standard InChI is InChI=1S/C14H18N2O4/c1-7-8(2)12-10(9(3)11(7)16-18)5-6-14(4,19-12)13(17)20-15/h5-6,15H2,1-4H3. The zero-order valence-corrected chi connectivity index (χ0v) is 12.1. The first-order valence-corrected chi connectivity index (χ1v) is 6.42. The molecule has 0 radical (unpaired) electrons. The fourth-order valence-corrected chi connectivity index (χ4v) is 2.65. The van der Waals surface area contributed by atoms with Gasteiger partial charge in [0.05, 0.1) is 0 Å². The number of fused-ring (bicyclic) bond motifs is 1. The molecule has 0 aromatic heterocycles. The van der Waals surface area contributed by atoms with Gasteiger partial charge in [-0.2, -0.15) is 5.90 Å². The molecule has 108 valence electrons. The molecule has 0 saturated heterocycles. The molecule has 6 heteroatoms. The van der Waals surface area contributed by atoms with Gasteiger partial charge in [0.2, 0.25) is 5.60 Å². The van der Waals surface area contributed by atoms with Gasteiger partial charge >= 0.3 is 5.97 Å². The number of nitrogens with two attached hydrogens (primary N) is 1. The van der Waals surface area contributed by atoms with Crippen LogP contribution in [0.25, 0.3) is 0 Å². The smallest absolute Gasteiger partial charge is 0.368 e. The quantitative estimate of drug-likeness (QED) is 0.663. The van der Waals surface area contributed by atoms with Gasteiger partial charge in [-0.15, -0.1) is 4.91 Å². The van der Waals surface area contributed by atoms with Crippen LogP contribution in [0.4, 0.5) is 5.69 Å². The van der Waals surface area contributed by atoms with E-state index in [2.05, 4.69) is 10.0 Å². The highest BCUT2D eigenvalue weighted by atomic mass is 16.7. The van der Waals surface area contributed by atoms with Gasteiger partial charge in [-0.3, -0.25) is 0 Å². The van der Waals surface area contributed by atoms with Crippen molar-refractivity contribution < 1.29 is 14.4 Å². The van der Waals surface area contributed by atoms with Crippen molar-refractivity contribution in [3.63, 3.8) is 0 Å². The Kier molecular flexibility index (Phi) is 3.52. The van der Waals surface area contributed by atoms with Crippen molar-refractivity contribution in [2.45, 2.75) is 46.1 Å². The lowest BCUT2D eigenvalue weighted by atomic mass is 9.87. The summed E-state index contributed by atoms with van der Waals surface area (Å²) in [5, 5.41) is 3.11.